The van der Waals surface area contributed by atoms with Crippen LogP contribution in [0.3, 0.4) is 0 Å². The zero-order valence-electron chi connectivity index (χ0n) is 6.78. The Morgan fingerprint density at radius 3 is 2.92 bits per heavy atom. The average molecular weight is 156 g/mol. The third-order valence-electron chi connectivity index (χ3n) is 2.00. The first-order valence-corrected chi connectivity index (χ1v) is 3.74. The molecule has 0 N–H and O–H groups in total. The van der Waals surface area contributed by atoms with Gasteiger partial charge in [0.2, 0.25) is 5.69 Å². The standard InChI is InChI=1S/C10H8N2/c1-11-9-5-3-4-8-6-7-12(2)10(8)9/h3-7H,2H3. The number of nitrogens with zero attached hydrogens (tertiary/aromatic N) is 2. The van der Waals surface area contributed by atoms with Gasteiger partial charge in [-0.05, 0) is 11.5 Å². The van der Waals surface area contributed by atoms with E-state index in [1.807, 2.05) is 42.1 Å². The normalized spacial score (nSPS) is 10.0. The van der Waals surface area contributed by atoms with Gasteiger partial charge in [-0.1, -0.05) is 18.2 Å². The topological polar surface area (TPSA) is 9.29 Å². The molecular weight excluding hydrogens is 148 g/mol. The number of rotatable bonds is 0. The summed E-state index contributed by atoms with van der Waals surface area (Å²) < 4.78 is 1.97. The molecule has 0 fully saturated rings. The van der Waals surface area contributed by atoms with Crippen molar-refractivity contribution in [2.45, 2.75) is 0 Å². The van der Waals surface area contributed by atoms with E-state index in [2.05, 4.69) is 4.85 Å². The lowest BCUT2D eigenvalue weighted by molar-refractivity contribution is 0.971. The number of hydrogen-bond donors (Lipinski definition) is 0. The van der Waals surface area contributed by atoms with Crippen LogP contribution in [0.2, 0.25) is 0 Å². The van der Waals surface area contributed by atoms with E-state index in [-0.39, 0.29) is 0 Å². The molecule has 12 heavy (non-hydrogen) atoms. The fraction of sp³-hybridized carbons (Fsp3) is 0.100. The number of hydrogen-bond acceptors (Lipinski definition) is 0. The van der Waals surface area contributed by atoms with Gasteiger partial charge in [0.05, 0.1) is 12.1 Å². The Kier molecular flexibility index (Phi) is 1.38. The molecule has 1 aromatic carbocycles. The summed E-state index contributed by atoms with van der Waals surface area (Å²) in [6.07, 6.45) is 1.97. The van der Waals surface area contributed by atoms with Crippen LogP contribution in [-0.4, -0.2) is 4.57 Å². The van der Waals surface area contributed by atoms with Crippen LogP contribution in [0.15, 0.2) is 30.5 Å². The van der Waals surface area contributed by atoms with Crippen molar-refractivity contribution in [1.29, 1.82) is 0 Å². The second-order valence-electron chi connectivity index (χ2n) is 2.75. The maximum Gasteiger partial charge on any atom is 0.210 e. The summed E-state index contributed by atoms with van der Waals surface area (Å²) >= 11 is 0. The second-order valence-corrected chi connectivity index (χ2v) is 2.75. The van der Waals surface area contributed by atoms with Crippen LogP contribution < -0.4 is 0 Å². The molecule has 1 heterocycles. The summed E-state index contributed by atoms with van der Waals surface area (Å²) in [5.41, 5.74) is 1.74. The van der Waals surface area contributed by atoms with Gasteiger partial charge in [0.25, 0.3) is 0 Å². The van der Waals surface area contributed by atoms with E-state index in [1.54, 1.807) is 0 Å². The van der Waals surface area contributed by atoms with Gasteiger partial charge >= 0.3 is 0 Å². The van der Waals surface area contributed by atoms with Crippen molar-refractivity contribution in [2.24, 2.45) is 7.05 Å². The first-order valence-electron chi connectivity index (χ1n) is 3.74. The van der Waals surface area contributed by atoms with Crippen molar-refractivity contribution in [1.82, 2.24) is 4.57 Å². The molecule has 0 aliphatic heterocycles. The minimum absolute atomic E-state index is 0.722. The molecular formula is C10H8N2. The molecule has 0 aliphatic carbocycles. The minimum Gasteiger partial charge on any atom is -0.360 e. The molecule has 0 aliphatic rings. The number of aromatic nitrogens is 1. The maximum absolute atomic E-state index is 6.97. The average Bonchev–Trinajstić information content (AvgIpc) is 2.48. The molecule has 0 saturated carbocycles. The van der Waals surface area contributed by atoms with Gasteiger partial charge in [0.15, 0.2) is 0 Å². The molecule has 0 bridgehead atoms. The molecule has 2 heteroatoms. The Morgan fingerprint density at radius 1 is 1.33 bits per heavy atom. The van der Waals surface area contributed by atoms with Gasteiger partial charge in [-0.3, -0.25) is 0 Å². The van der Waals surface area contributed by atoms with Crippen molar-refractivity contribution < 1.29 is 0 Å². The van der Waals surface area contributed by atoms with E-state index in [0.717, 1.165) is 16.6 Å². The Morgan fingerprint density at radius 2 is 2.17 bits per heavy atom. The van der Waals surface area contributed by atoms with Crippen molar-refractivity contribution in [2.75, 3.05) is 0 Å². The molecule has 0 spiro atoms. The lowest BCUT2D eigenvalue weighted by Gasteiger charge is -1.97. The van der Waals surface area contributed by atoms with Gasteiger partial charge in [0.1, 0.15) is 0 Å². The number of para-hydroxylation sites is 1. The highest BCUT2D eigenvalue weighted by atomic mass is 14.9. The van der Waals surface area contributed by atoms with Gasteiger partial charge in [0, 0.05) is 13.2 Å². The predicted molar refractivity (Wildman–Crippen MR) is 49.2 cm³/mol. The van der Waals surface area contributed by atoms with E-state index < -0.39 is 0 Å². The van der Waals surface area contributed by atoms with Crippen LogP contribution in [-0.2, 0) is 7.05 Å². The minimum atomic E-state index is 0.722. The fourth-order valence-electron chi connectivity index (χ4n) is 1.42. The van der Waals surface area contributed by atoms with Crippen molar-refractivity contribution >= 4 is 16.6 Å². The largest absolute Gasteiger partial charge is 0.360 e. The Labute approximate surface area is 70.9 Å². The molecule has 2 nitrogen and oxygen atoms in total. The summed E-state index contributed by atoms with van der Waals surface area (Å²) in [5, 5.41) is 1.13. The second kappa shape index (κ2) is 2.38. The SMILES string of the molecule is [C-]#[N+]c1cccc2ccn(C)c12. The first-order chi connectivity index (χ1) is 5.83. The molecule has 2 aromatic rings. The van der Waals surface area contributed by atoms with Gasteiger partial charge in [-0.15, -0.1) is 0 Å². The molecule has 0 atom stereocenters. The summed E-state index contributed by atoms with van der Waals surface area (Å²) in [7, 11) is 1.96. The van der Waals surface area contributed by atoms with Crippen LogP contribution in [0.25, 0.3) is 15.7 Å². The smallest absolute Gasteiger partial charge is 0.210 e. The van der Waals surface area contributed by atoms with Crippen LogP contribution in [0.1, 0.15) is 0 Å². The molecule has 2 rings (SSSR count). The highest BCUT2D eigenvalue weighted by Gasteiger charge is 2.01. The van der Waals surface area contributed by atoms with Gasteiger partial charge in [-0.25, -0.2) is 4.85 Å². The lowest BCUT2D eigenvalue weighted by atomic mass is 10.2. The van der Waals surface area contributed by atoms with Crippen molar-refractivity contribution in [3.05, 3.63) is 41.9 Å². The van der Waals surface area contributed by atoms with Crippen molar-refractivity contribution in [3.8, 4) is 0 Å². The summed E-state index contributed by atoms with van der Waals surface area (Å²) in [6.45, 7) is 6.97. The van der Waals surface area contributed by atoms with E-state index in [0.29, 0.717) is 0 Å². The quantitative estimate of drug-likeness (QED) is 0.519. The first kappa shape index (κ1) is 6.93. The highest BCUT2D eigenvalue weighted by Crippen LogP contribution is 2.25. The molecule has 58 valence electrons. The zero-order chi connectivity index (χ0) is 8.55. The third-order valence-corrected chi connectivity index (χ3v) is 2.00. The summed E-state index contributed by atoms with van der Waals surface area (Å²) in [4.78, 5) is 3.46. The van der Waals surface area contributed by atoms with Gasteiger partial charge < -0.3 is 4.57 Å². The molecule has 0 amide bonds. The van der Waals surface area contributed by atoms with Crippen LogP contribution in [0.5, 0.6) is 0 Å². The fourth-order valence-corrected chi connectivity index (χ4v) is 1.42. The van der Waals surface area contributed by atoms with E-state index in [9.17, 15) is 0 Å². The van der Waals surface area contributed by atoms with Gasteiger partial charge in [-0.2, -0.15) is 0 Å². The van der Waals surface area contributed by atoms with Crippen molar-refractivity contribution in [3.63, 3.8) is 0 Å². The molecule has 0 radical (unpaired) electrons. The molecule has 1 aromatic heterocycles. The Balaban J connectivity index is 2.96. The van der Waals surface area contributed by atoms with E-state index in [4.69, 9.17) is 6.57 Å². The van der Waals surface area contributed by atoms with E-state index in [1.165, 1.54) is 0 Å². The number of aryl methyl sites for hydroxylation is 1. The number of benzene rings is 1. The van der Waals surface area contributed by atoms with E-state index >= 15 is 0 Å². The van der Waals surface area contributed by atoms with Crippen LogP contribution in [0, 0.1) is 6.57 Å². The summed E-state index contributed by atoms with van der Waals surface area (Å²) in [5.74, 6) is 0. The molecule has 0 unspecified atom stereocenters. The summed E-state index contributed by atoms with van der Waals surface area (Å²) in [6, 6.07) is 7.79. The highest BCUT2D eigenvalue weighted by molar-refractivity contribution is 5.91. The number of fused-ring (bicyclic) bond motifs is 1. The molecule has 0 saturated heterocycles. The monoisotopic (exact) mass is 156 g/mol. The van der Waals surface area contributed by atoms with Crippen LogP contribution in [0.4, 0.5) is 5.69 Å². The Hall–Kier alpha value is -1.75. The third kappa shape index (κ3) is 0.802. The maximum atomic E-state index is 6.97. The lowest BCUT2D eigenvalue weighted by Crippen LogP contribution is -1.82. The zero-order valence-corrected chi connectivity index (χ0v) is 6.78. The predicted octanol–water partition coefficient (Wildman–Crippen LogP) is 2.73. The Bertz CT molecular complexity index is 460. The van der Waals surface area contributed by atoms with Crippen LogP contribution >= 0.6 is 0 Å².